The minimum atomic E-state index is -1.08. The first kappa shape index (κ1) is 18.6. The van der Waals surface area contributed by atoms with Crippen molar-refractivity contribution < 1.29 is 14.3 Å². The molecule has 3 rings (SSSR count). The molecule has 26 heavy (non-hydrogen) atoms. The van der Waals surface area contributed by atoms with Crippen molar-refractivity contribution in [1.82, 2.24) is 9.55 Å². The van der Waals surface area contributed by atoms with E-state index in [0.717, 1.165) is 9.13 Å². The van der Waals surface area contributed by atoms with Crippen molar-refractivity contribution >= 4 is 51.1 Å². The number of aromatic nitrogens is 2. The molecule has 5 nitrogen and oxygen atoms in total. The predicted molar refractivity (Wildman–Crippen MR) is 109 cm³/mol. The third-order valence-corrected chi connectivity index (χ3v) is 4.95. The van der Waals surface area contributed by atoms with E-state index in [0.29, 0.717) is 16.9 Å². The number of halogens is 2. The highest BCUT2D eigenvalue weighted by Gasteiger charge is 2.28. The first-order valence-electron chi connectivity index (χ1n) is 8.04. The van der Waals surface area contributed by atoms with E-state index in [4.69, 9.17) is 0 Å². The number of aromatic carboxylic acids is 1. The highest BCUT2D eigenvalue weighted by Crippen LogP contribution is 2.37. The van der Waals surface area contributed by atoms with Gasteiger partial charge in [-0.3, -0.25) is 0 Å². The average molecular weight is 467 g/mol. The summed E-state index contributed by atoms with van der Waals surface area (Å²) in [4.78, 5) is 16.4. The normalized spacial score (nSPS) is 11.8. The van der Waals surface area contributed by atoms with Crippen LogP contribution in [0.25, 0.3) is 11.0 Å². The highest BCUT2D eigenvalue weighted by molar-refractivity contribution is 14.1. The van der Waals surface area contributed by atoms with E-state index in [2.05, 4.69) is 10.3 Å². The van der Waals surface area contributed by atoms with Crippen LogP contribution in [0.2, 0.25) is 0 Å². The van der Waals surface area contributed by atoms with Crippen LogP contribution in [0, 0.1) is 9.39 Å². The molecule has 2 N–H and O–H groups in total. The zero-order chi connectivity index (χ0) is 19.2. The number of pyridine rings is 1. The van der Waals surface area contributed by atoms with Crippen LogP contribution in [0.15, 0.2) is 30.5 Å². The van der Waals surface area contributed by atoms with Crippen molar-refractivity contribution in [3.05, 3.63) is 51.0 Å². The van der Waals surface area contributed by atoms with Gasteiger partial charge in [-0.1, -0.05) is 20.8 Å². The third kappa shape index (κ3) is 3.15. The Morgan fingerprint density at radius 3 is 2.58 bits per heavy atom. The minimum absolute atomic E-state index is 0.0958. The number of carboxylic acids is 1. The number of nitrogens with one attached hydrogen (secondary N) is 1. The maximum atomic E-state index is 14.3. The van der Waals surface area contributed by atoms with Gasteiger partial charge in [-0.25, -0.2) is 14.2 Å². The fourth-order valence-electron chi connectivity index (χ4n) is 3.04. The number of fused-ring (bicyclic) bond motifs is 1. The van der Waals surface area contributed by atoms with Crippen molar-refractivity contribution in [2.24, 2.45) is 7.05 Å². The lowest BCUT2D eigenvalue weighted by atomic mass is 9.85. The number of benzene rings is 1. The topological polar surface area (TPSA) is 67.2 Å². The van der Waals surface area contributed by atoms with E-state index in [1.165, 1.54) is 6.07 Å². The van der Waals surface area contributed by atoms with Crippen molar-refractivity contribution in [1.29, 1.82) is 0 Å². The lowest BCUT2D eigenvalue weighted by molar-refractivity contribution is 0.0700. The molecule has 0 spiro atoms. The highest BCUT2D eigenvalue weighted by atomic mass is 127. The van der Waals surface area contributed by atoms with Crippen LogP contribution in [-0.2, 0) is 12.5 Å². The monoisotopic (exact) mass is 467 g/mol. The lowest BCUT2D eigenvalue weighted by Crippen LogP contribution is -2.13. The molecule has 7 heteroatoms. The van der Waals surface area contributed by atoms with Crippen LogP contribution in [-0.4, -0.2) is 20.6 Å². The van der Waals surface area contributed by atoms with Crippen LogP contribution in [0.3, 0.4) is 0 Å². The van der Waals surface area contributed by atoms with Gasteiger partial charge in [0.05, 0.1) is 5.69 Å². The molecule has 2 aromatic heterocycles. The fraction of sp³-hybridized carbons (Fsp3) is 0.263. The maximum absolute atomic E-state index is 14.3. The number of carbonyl (C=O) groups is 1. The lowest BCUT2D eigenvalue weighted by Gasteiger charge is -2.20. The Bertz CT molecular complexity index is 1020. The van der Waals surface area contributed by atoms with Gasteiger partial charge in [0.1, 0.15) is 22.8 Å². The summed E-state index contributed by atoms with van der Waals surface area (Å²) in [7, 11) is 1.72. The Hall–Kier alpha value is -2.16. The Balaban J connectivity index is 2.30. The zero-order valence-electron chi connectivity index (χ0n) is 14.9. The zero-order valence-corrected chi connectivity index (χ0v) is 17.1. The summed E-state index contributed by atoms with van der Waals surface area (Å²) in [5.74, 6) is -1.22. The van der Waals surface area contributed by atoms with Crippen molar-refractivity contribution in [2.45, 2.75) is 26.2 Å². The molecule has 0 radical (unpaired) electrons. The number of anilines is 2. The van der Waals surface area contributed by atoms with Crippen LogP contribution in [0.1, 0.15) is 36.7 Å². The van der Waals surface area contributed by atoms with Crippen LogP contribution in [0.5, 0.6) is 0 Å². The molecule has 0 fully saturated rings. The molecule has 3 aromatic rings. The standard InChI is InChI=1S/C19H19FIN3O2/c1-19(2,3)11-7-8-22-16-14(11)15(18(25)26)17(24(16)4)23-13-6-5-10(21)9-12(13)20/h5-9,23H,1-4H3,(H,25,26). The summed E-state index contributed by atoms with van der Waals surface area (Å²) in [6.45, 7) is 6.06. The smallest absolute Gasteiger partial charge is 0.340 e. The molecule has 1 aromatic carbocycles. The Kier molecular flexibility index (Phi) is 4.68. The van der Waals surface area contributed by atoms with Gasteiger partial charge < -0.3 is 15.0 Å². The second-order valence-corrected chi connectivity index (χ2v) is 8.39. The van der Waals surface area contributed by atoms with Gasteiger partial charge in [0, 0.05) is 22.2 Å². The molecule has 0 saturated heterocycles. The van der Waals surface area contributed by atoms with Crippen LogP contribution >= 0.6 is 22.6 Å². The number of carboxylic acid groups (broad SMARTS) is 1. The Morgan fingerprint density at radius 1 is 1.31 bits per heavy atom. The number of rotatable bonds is 3. The first-order chi connectivity index (χ1) is 12.1. The van der Waals surface area contributed by atoms with E-state index in [-0.39, 0.29) is 16.7 Å². The molecule has 0 aliphatic heterocycles. The third-order valence-electron chi connectivity index (χ3n) is 4.28. The van der Waals surface area contributed by atoms with Gasteiger partial charge in [-0.05, 0) is 57.8 Å². The SMILES string of the molecule is Cn1c(Nc2ccc(I)cc2F)c(C(=O)O)c2c(C(C)(C)C)ccnc21. The molecular formula is C19H19FIN3O2. The summed E-state index contributed by atoms with van der Waals surface area (Å²) >= 11 is 2.02. The summed E-state index contributed by atoms with van der Waals surface area (Å²) in [5, 5.41) is 13.4. The molecule has 0 amide bonds. The van der Waals surface area contributed by atoms with Gasteiger partial charge in [0.2, 0.25) is 0 Å². The fourth-order valence-corrected chi connectivity index (χ4v) is 3.49. The van der Waals surface area contributed by atoms with E-state index in [9.17, 15) is 14.3 Å². The second kappa shape index (κ2) is 6.53. The van der Waals surface area contributed by atoms with E-state index in [1.807, 2.05) is 49.4 Å². The summed E-state index contributed by atoms with van der Waals surface area (Å²) in [6, 6.07) is 6.58. The molecule has 0 atom stereocenters. The summed E-state index contributed by atoms with van der Waals surface area (Å²) < 4.78 is 16.7. The molecule has 2 heterocycles. The van der Waals surface area contributed by atoms with Crippen LogP contribution in [0.4, 0.5) is 15.9 Å². The summed E-state index contributed by atoms with van der Waals surface area (Å²) in [5.41, 5.74) is 1.47. The van der Waals surface area contributed by atoms with Gasteiger partial charge >= 0.3 is 5.97 Å². The van der Waals surface area contributed by atoms with Crippen molar-refractivity contribution in [3.63, 3.8) is 0 Å². The average Bonchev–Trinajstić information content (AvgIpc) is 2.82. The first-order valence-corrected chi connectivity index (χ1v) is 9.12. The van der Waals surface area contributed by atoms with E-state index < -0.39 is 11.8 Å². The minimum Gasteiger partial charge on any atom is -0.478 e. The molecule has 0 aliphatic rings. The molecule has 0 bridgehead atoms. The molecule has 0 saturated carbocycles. The molecule has 0 aliphatic carbocycles. The molecular weight excluding hydrogens is 448 g/mol. The van der Waals surface area contributed by atoms with E-state index >= 15 is 0 Å². The maximum Gasteiger partial charge on any atom is 0.340 e. The van der Waals surface area contributed by atoms with Crippen molar-refractivity contribution in [3.8, 4) is 0 Å². The van der Waals surface area contributed by atoms with E-state index in [1.54, 1.807) is 29.9 Å². The van der Waals surface area contributed by atoms with Crippen LogP contribution < -0.4 is 5.32 Å². The quantitative estimate of drug-likeness (QED) is 0.529. The molecule has 136 valence electrons. The summed E-state index contributed by atoms with van der Waals surface area (Å²) in [6.07, 6.45) is 1.67. The number of aryl methyl sites for hydroxylation is 1. The predicted octanol–water partition coefficient (Wildman–Crippen LogP) is 5.06. The number of hydrogen-bond donors (Lipinski definition) is 2. The largest absolute Gasteiger partial charge is 0.478 e. The Morgan fingerprint density at radius 2 is 2.00 bits per heavy atom. The van der Waals surface area contributed by atoms with Gasteiger partial charge in [0.25, 0.3) is 0 Å². The number of nitrogens with zero attached hydrogens (tertiary/aromatic N) is 2. The molecule has 0 unspecified atom stereocenters. The second-order valence-electron chi connectivity index (χ2n) is 7.14. The van der Waals surface area contributed by atoms with Gasteiger partial charge in [-0.2, -0.15) is 0 Å². The van der Waals surface area contributed by atoms with Gasteiger partial charge in [0.15, 0.2) is 0 Å². The van der Waals surface area contributed by atoms with Crippen molar-refractivity contribution in [2.75, 3.05) is 5.32 Å². The number of hydrogen-bond acceptors (Lipinski definition) is 3. The van der Waals surface area contributed by atoms with Gasteiger partial charge in [-0.15, -0.1) is 0 Å². The Labute approximate surface area is 164 Å².